The van der Waals surface area contributed by atoms with Crippen LogP contribution in [0.3, 0.4) is 0 Å². The van der Waals surface area contributed by atoms with Gasteiger partial charge in [0, 0.05) is 25.3 Å². The lowest BCUT2D eigenvalue weighted by atomic mass is 10.3. The first-order chi connectivity index (χ1) is 6.63. The van der Waals surface area contributed by atoms with Crippen LogP contribution in [-0.4, -0.2) is 18.6 Å². The number of aromatic nitrogens is 1. The lowest BCUT2D eigenvalue weighted by Crippen LogP contribution is -2.19. The van der Waals surface area contributed by atoms with E-state index in [1.54, 1.807) is 12.1 Å². The van der Waals surface area contributed by atoms with Crippen molar-refractivity contribution in [3.8, 4) is 6.07 Å². The van der Waals surface area contributed by atoms with Crippen LogP contribution >= 0.6 is 11.6 Å². The molecule has 0 saturated carbocycles. The van der Waals surface area contributed by atoms with Crippen LogP contribution in [0, 0.1) is 11.3 Å². The average Bonchev–Trinajstić information content (AvgIpc) is 2.12. The van der Waals surface area contributed by atoms with E-state index in [0.29, 0.717) is 29.6 Å². The van der Waals surface area contributed by atoms with Gasteiger partial charge in [-0.3, -0.25) is 0 Å². The molecule has 0 aliphatic rings. The summed E-state index contributed by atoms with van der Waals surface area (Å²) in [5.74, 6) is 0.685. The second-order valence-corrected chi connectivity index (χ2v) is 3.30. The van der Waals surface area contributed by atoms with Crippen molar-refractivity contribution in [2.75, 3.05) is 24.2 Å². The predicted molar refractivity (Wildman–Crippen MR) is 57.2 cm³/mol. The monoisotopic (exact) mass is 210 g/mol. The zero-order chi connectivity index (χ0) is 10.6. The smallest absolute Gasteiger partial charge is 0.133 e. The molecule has 4 nitrogen and oxygen atoms in total. The lowest BCUT2D eigenvalue weighted by Gasteiger charge is -2.16. The predicted octanol–water partition coefficient (Wildman–Crippen LogP) is 1.67. The summed E-state index contributed by atoms with van der Waals surface area (Å²) in [5, 5.41) is 8.79. The zero-order valence-corrected chi connectivity index (χ0v) is 8.62. The minimum atomic E-state index is 0.365. The number of rotatable bonds is 3. The normalized spacial score (nSPS) is 9.50. The Kier molecular flexibility index (Phi) is 3.55. The van der Waals surface area contributed by atoms with E-state index in [1.165, 1.54) is 0 Å². The van der Waals surface area contributed by atoms with Crippen molar-refractivity contribution in [2.24, 2.45) is 0 Å². The topological polar surface area (TPSA) is 65.9 Å². The summed E-state index contributed by atoms with van der Waals surface area (Å²) >= 11 is 5.75. The summed E-state index contributed by atoms with van der Waals surface area (Å²) < 4.78 is 0. The summed E-state index contributed by atoms with van der Waals surface area (Å²) in [6.45, 7) is 0.614. The number of hydrogen-bond donors (Lipinski definition) is 1. The highest BCUT2D eigenvalue weighted by molar-refractivity contribution is 6.29. The van der Waals surface area contributed by atoms with Gasteiger partial charge >= 0.3 is 0 Å². The SMILES string of the molecule is CN(CCC#N)c1cc(N)cc(Cl)n1. The lowest BCUT2D eigenvalue weighted by molar-refractivity contribution is 0.885. The Bertz CT molecular complexity index is 338. The second kappa shape index (κ2) is 4.68. The van der Waals surface area contributed by atoms with Crippen molar-refractivity contribution in [3.63, 3.8) is 0 Å². The van der Waals surface area contributed by atoms with E-state index in [4.69, 9.17) is 22.6 Å². The molecule has 1 aromatic rings. The van der Waals surface area contributed by atoms with Crippen LogP contribution in [-0.2, 0) is 0 Å². The molecule has 0 fully saturated rings. The number of nitrogens with zero attached hydrogens (tertiary/aromatic N) is 3. The molecule has 0 aliphatic carbocycles. The Hall–Kier alpha value is -1.47. The molecule has 0 aromatic carbocycles. The van der Waals surface area contributed by atoms with Gasteiger partial charge in [0.05, 0.1) is 12.5 Å². The van der Waals surface area contributed by atoms with Gasteiger partial charge in [-0.1, -0.05) is 11.6 Å². The Balaban J connectivity index is 2.79. The Morgan fingerprint density at radius 3 is 2.93 bits per heavy atom. The minimum absolute atomic E-state index is 0.365. The van der Waals surface area contributed by atoms with Crippen LogP contribution in [0.4, 0.5) is 11.5 Å². The van der Waals surface area contributed by atoms with E-state index in [-0.39, 0.29) is 0 Å². The van der Waals surface area contributed by atoms with Gasteiger partial charge in [0.15, 0.2) is 0 Å². The molecule has 0 amide bonds. The minimum Gasteiger partial charge on any atom is -0.399 e. The molecule has 0 spiro atoms. The van der Waals surface area contributed by atoms with Crippen molar-refractivity contribution in [1.29, 1.82) is 5.26 Å². The fourth-order valence-corrected chi connectivity index (χ4v) is 1.24. The van der Waals surface area contributed by atoms with E-state index < -0.39 is 0 Å². The third-order valence-corrected chi connectivity index (χ3v) is 1.95. The van der Waals surface area contributed by atoms with Crippen molar-refractivity contribution in [1.82, 2.24) is 4.98 Å². The first-order valence-electron chi connectivity index (χ1n) is 4.14. The summed E-state index contributed by atoms with van der Waals surface area (Å²) in [7, 11) is 1.84. The van der Waals surface area contributed by atoms with Gasteiger partial charge in [0.1, 0.15) is 11.0 Å². The van der Waals surface area contributed by atoms with Crippen LogP contribution in [0.5, 0.6) is 0 Å². The molecule has 1 aromatic heterocycles. The molecule has 1 heterocycles. The fourth-order valence-electron chi connectivity index (χ4n) is 1.03. The zero-order valence-electron chi connectivity index (χ0n) is 7.87. The number of nitriles is 1. The highest BCUT2D eigenvalue weighted by Crippen LogP contribution is 2.18. The molecule has 5 heteroatoms. The van der Waals surface area contributed by atoms with Gasteiger partial charge in [-0.05, 0) is 6.07 Å². The maximum atomic E-state index is 8.42. The van der Waals surface area contributed by atoms with E-state index in [0.717, 1.165) is 0 Å². The van der Waals surface area contributed by atoms with E-state index >= 15 is 0 Å². The third-order valence-electron chi connectivity index (χ3n) is 1.75. The van der Waals surface area contributed by atoms with Gasteiger partial charge in [-0.2, -0.15) is 5.26 Å². The van der Waals surface area contributed by atoms with Crippen LogP contribution in [0.15, 0.2) is 12.1 Å². The van der Waals surface area contributed by atoms with Crippen molar-refractivity contribution in [2.45, 2.75) is 6.42 Å². The van der Waals surface area contributed by atoms with Gasteiger partial charge < -0.3 is 10.6 Å². The molecule has 14 heavy (non-hydrogen) atoms. The quantitative estimate of drug-likeness (QED) is 0.771. The first kappa shape index (κ1) is 10.6. The second-order valence-electron chi connectivity index (χ2n) is 2.91. The van der Waals surface area contributed by atoms with Crippen molar-refractivity contribution >= 4 is 23.1 Å². The van der Waals surface area contributed by atoms with Crippen LogP contribution in [0.1, 0.15) is 6.42 Å². The van der Waals surface area contributed by atoms with Crippen molar-refractivity contribution < 1.29 is 0 Å². The van der Waals surface area contributed by atoms with Gasteiger partial charge in [0.2, 0.25) is 0 Å². The molecule has 2 N–H and O–H groups in total. The standard InChI is InChI=1S/C9H11ClN4/c1-14(4-2-3-11)9-6-7(12)5-8(10)13-9/h5-6H,2,4H2,1H3,(H2,12,13). The number of halogens is 1. The highest BCUT2D eigenvalue weighted by Gasteiger charge is 2.04. The van der Waals surface area contributed by atoms with Crippen molar-refractivity contribution in [3.05, 3.63) is 17.3 Å². The summed E-state index contributed by atoms with van der Waals surface area (Å²) in [6, 6.07) is 5.38. The van der Waals surface area contributed by atoms with Gasteiger partial charge in [-0.25, -0.2) is 4.98 Å². The molecule has 74 valence electrons. The maximum Gasteiger partial charge on any atom is 0.133 e. The molecule has 0 unspecified atom stereocenters. The van der Waals surface area contributed by atoms with E-state index in [9.17, 15) is 0 Å². The van der Waals surface area contributed by atoms with Gasteiger partial charge in [0.25, 0.3) is 0 Å². The fraction of sp³-hybridized carbons (Fsp3) is 0.333. The first-order valence-corrected chi connectivity index (χ1v) is 4.52. The van der Waals surface area contributed by atoms with Crippen LogP contribution < -0.4 is 10.6 Å². The largest absolute Gasteiger partial charge is 0.399 e. The summed E-state index contributed by atoms with van der Waals surface area (Å²) in [4.78, 5) is 5.93. The Labute approximate surface area is 87.9 Å². The number of nitrogen functional groups attached to an aromatic ring is 1. The number of pyridine rings is 1. The van der Waals surface area contributed by atoms with Gasteiger partial charge in [-0.15, -0.1) is 0 Å². The average molecular weight is 211 g/mol. The Morgan fingerprint density at radius 1 is 1.64 bits per heavy atom. The molecule has 1 rings (SSSR count). The molecule has 0 atom stereocenters. The number of anilines is 2. The molecule has 0 bridgehead atoms. The molecule has 0 aliphatic heterocycles. The number of nitrogens with two attached hydrogens (primary N) is 1. The Morgan fingerprint density at radius 2 is 2.36 bits per heavy atom. The number of hydrogen-bond acceptors (Lipinski definition) is 4. The van der Waals surface area contributed by atoms with E-state index in [1.807, 2.05) is 11.9 Å². The highest BCUT2D eigenvalue weighted by atomic mass is 35.5. The molecule has 0 saturated heterocycles. The van der Waals surface area contributed by atoms with E-state index in [2.05, 4.69) is 11.1 Å². The summed E-state index contributed by atoms with van der Waals surface area (Å²) in [5.41, 5.74) is 6.18. The molecular formula is C9H11ClN4. The summed E-state index contributed by atoms with van der Waals surface area (Å²) in [6.07, 6.45) is 0.449. The molecule has 0 radical (unpaired) electrons. The van der Waals surface area contributed by atoms with Crippen LogP contribution in [0.2, 0.25) is 5.15 Å². The van der Waals surface area contributed by atoms with Crippen LogP contribution in [0.25, 0.3) is 0 Å². The third kappa shape index (κ3) is 2.79. The maximum absolute atomic E-state index is 8.42. The molecular weight excluding hydrogens is 200 g/mol.